The van der Waals surface area contributed by atoms with Crippen molar-refractivity contribution in [2.24, 2.45) is 5.73 Å². The molecule has 0 bridgehead atoms. The van der Waals surface area contributed by atoms with Gasteiger partial charge in [0.2, 0.25) is 0 Å². The molecule has 112 valence electrons. The van der Waals surface area contributed by atoms with Crippen molar-refractivity contribution in [2.75, 3.05) is 12.8 Å². The number of pyridine rings is 1. The second-order valence-electron chi connectivity index (χ2n) is 4.31. The van der Waals surface area contributed by atoms with E-state index in [4.69, 9.17) is 5.73 Å². The molecule has 0 fully saturated rings. The van der Waals surface area contributed by atoms with Crippen LogP contribution in [0.5, 0.6) is 0 Å². The van der Waals surface area contributed by atoms with Crippen LogP contribution in [-0.4, -0.2) is 31.8 Å². The number of nitrogens with zero attached hydrogens (tertiary/aromatic N) is 5. The summed E-state index contributed by atoms with van der Waals surface area (Å²) in [6, 6.07) is 1.83. The lowest BCUT2D eigenvalue weighted by Crippen LogP contribution is -1.97. The highest BCUT2D eigenvalue weighted by atomic mass is 19.2. The molecule has 8 heteroatoms. The third-order valence-corrected chi connectivity index (χ3v) is 3.08. The van der Waals surface area contributed by atoms with Gasteiger partial charge in [0, 0.05) is 18.1 Å². The second-order valence-corrected chi connectivity index (χ2v) is 4.31. The Balaban J connectivity index is 0.000000774. The maximum absolute atomic E-state index is 13.0. The van der Waals surface area contributed by atoms with E-state index in [-0.39, 0.29) is 10.6 Å². The summed E-state index contributed by atoms with van der Waals surface area (Å²) in [5, 5.41) is 9.07. The first-order valence-electron chi connectivity index (χ1n) is 6.52. The normalized spacial score (nSPS) is 10.5. The highest BCUT2D eigenvalue weighted by Gasteiger charge is 2.13. The molecule has 0 aliphatic heterocycles. The molecule has 0 saturated carbocycles. The Morgan fingerprint density at radius 1 is 1.29 bits per heavy atom. The van der Waals surface area contributed by atoms with Crippen LogP contribution in [0.4, 0.5) is 10.2 Å². The largest absolute Gasteiger partial charge is 0.396 e. The minimum atomic E-state index is 0.193. The summed E-state index contributed by atoms with van der Waals surface area (Å²) in [6.07, 6.45) is 2.83. The van der Waals surface area contributed by atoms with Gasteiger partial charge >= 0.3 is 0 Å². The van der Waals surface area contributed by atoms with Crippen LogP contribution in [0.3, 0.4) is 0 Å². The summed E-state index contributed by atoms with van der Waals surface area (Å²) >= 11 is 0. The van der Waals surface area contributed by atoms with Gasteiger partial charge in [-0.2, -0.15) is 5.10 Å². The number of anilines is 1. The maximum Gasteiger partial charge on any atom is 0.137 e. The molecular formula is C13H18FN7. The van der Waals surface area contributed by atoms with Crippen LogP contribution >= 0.6 is 0 Å². The van der Waals surface area contributed by atoms with Gasteiger partial charge in [-0.1, -0.05) is 4.48 Å². The third kappa shape index (κ3) is 2.57. The zero-order valence-corrected chi connectivity index (χ0v) is 12.2. The minimum absolute atomic E-state index is 0.193. The number of hydrogen-bond acceptors (Lipinski definition) is 5. The van der Waals surface area contributed by atoms with Crippen molar-refractivity contribution in [3.63, 3.8) is 0 Å². The molecule has 0 atom stereocenters. The van der Waals surface area contributed by atoms with Gasteiger partial charge in [0.15, 0.2) is 0 Å². The van der Waals surface area contributed by atoms with E-state index in [0.29, 0.717) is 11.4 Å². The van der Waals surface area contributed by atoms with Gasteiger partial charge in [0.1, 0.15) is 5.69 Å². The van der Waals surface area contributed by atoms with Crippen molar-refractivity contribution < 1.29 is 4.48 Å². The van der Waals surface area contributed by atoms with E-state index in [0.717, 1.165) is 29.3 Å². The molecule has 0 spiro atoms. The van der Waals surface area contributed by atoms with Crippen LogP contribution in [0.25, 0.3) is 22.3 Å². The third-order valence-electron chi connectivity index (χ3n) is 3.08. The van der Waals surface area contributed by atoms with Gasteiger partial charge in [-0.05, 0) is 27.0 Å². The van der Waals surface area contributed by atoms with Crippen LogP contribution < -0.4 is 11.5 Å². The van der Waals surface area contributed by atoms with Crippen LogP contribution in [0.2, 0.25) is 0 Å². The van der Waals surface area contributed by atoms with Gasteiger partial charge < -0.3 is 11.5 Å². The summed E-state index contributed by atoms with van der Waals surface area (Å²) in [7, 11) is 1.50. The van der Waals surface area contributed by atoms with E-state index in [1.54, 1.807) is 6.20 Å². The molecule has 21 heavy (non-hydrogen) atoms. The quantitative estimate of drug-likeness (QED) is 0.745. The summed E-state index contributed by atoms with van der Waals surface area (Å²) in [4.78, 5) is 4.48. The summed E-state index contributed by atoms with van der Waals surface area (Å²) in [6.45, 7) is 4.69. The van der Waals surface area contributed by atoms with Crippen LogP contribution in [0.15, 0.2) is 18.5 Å². The molecular weight excluding hydrogens is 273 g/mol. The molecule has 3 aromatic heterocycles. The van der Waals surface area contributed by atoms with Gasteiger partial charge in [-0.15, -0.1) is 10.0 Å². The Morgan fingerprint density at radius 2 is 2.00 bits per heavy atom. The first kappa shape index (κ1) is 14.9. The van der Waals surface area contributed by atoms with Gasteiger partial charge in [0.25, 0.3) is 0 Å². The molecule has 0 unspecified atom stereocenters. The van der Waals surface area contributed by atoms with Crippen molar-refractivity contribution in [1.82, 2.24) is 24.8 Å². The molecule has 0 radical (unpaired) electrons. The fraction of sp³-hybridized carbons (Fsp3) is 0.308. The fourth-order valence-electron chi connectivity index (χ4n) is 2.15. The molecule has 3 heterocycles. The zero-order chi connectivity index (χ0) is 15.6. The number of fused-ring (bicyclic) bond motifs is 1. The summed E-state index contributed by atoms with van der Waals surface area (Å²) in [5.74, 6) is 0. The Hall–Kier alpha value is -2.48. The molecule has 3 aromatic rings. The van der Waals surface area contributed by atoms with E-state index >= 15 is 0 Å². The van der Waals surface area contributed by atoms with Gasteiger partial charge in [0.05, 0.1) is 28.8 Å². The minimum Gasteiger partial charge on any atom is -0.396 e. The Labute approximate surface area is 121 Å². The van der Waals surface area contributed by atoms with Crippen LogP contribution in [0, 0.1) is 6.92 Å². The standard InChI is InChI=1S/C12H13FN6.CH5N/c1-3-18-11-4-10(12-9(14)6-19(13)17-12)15-5-8(11)7(2)16-18;1-2/h4-6H,3,14H2,1-2H3;2H2,1H3. The van der Waals surface area contributed by atoms with Crippen molar-refractivity contribution in [2.45, 2.75) is 20.4 Å². The van der Waals surface area contributed by atoms with Crippen molar-refractivity contribution in [1.29, 1.82) is 0 Å². The summed E-state index contributed by atoms with van der Waals surface area (Å²) < 4.78 is 14.9. The molecule has 0 amide bonds. The van der Waals surface area contributed by atoms with Crippen LogP contribution in [-0.2, 0) is 6.54 Å². The molecule has 3 rings (SSSR count). The van der Waals surface area contributed by atoms with E-state index in [2.05, 4.69) is 20.9 Å². The lowest BCUT2D eigenvalue weighted by atomic mass is 10.2. The van der Waals surface area contributed by atoms with E-state index in [1.165, 1.54) is 7.05 Å². The summed E-state index contributed by atoms with van der Waals surface area (Å²) in [5.41, 5.74) is 13.2. The number of rotatable bonds is 2. The average Bonchev–Trinajstić information content (AvgIpc) is 3.00. The smallest absolute Gasteiger partial charge is 0.137 e. The van der Waals surface area contributed by atoms with E-state index in [9.17, 15) is 4.48 Å². The molecule has 0 aliphatic carbocycles. The zero-order valence-electron chi connectivity index (χ0n) is 12.2. The molecule has 4 N–H and O–H groups in total. The molecule has 0 saturated heterocycles. The predicted octanol–water partition coefficient (Wildman–Crippen LogP) is 1.51. The molecule has 0 aliphatic rings. The SMILES string of the molecule is CCn1nc(C)c2cnc(-c3nn(F)cc3N)cc21.CN. The predicted molar refractivity (Wildman–Crippen MR) is 80.2 cm³/mol. The average molecular weight is 291 g/mol. The highest BCUT2D eigenvalue weighted by Crippen LogP contribution is 2.26. The van der Waals surface area contributed by atoms with E-state index < -0.39 is 0 Å². The number of nitrogen functional groups attached to an aromatic ring is 1. The Kier molecular flexibility index (Phi) is 4.18. The molecule has 0 aromatic carbocycles. The first-order chi connectivity index (χ1) is 10.1. The topological polar surface area (TPSA) is 101 Å². The number of aryl methyl sites for hydroxylation is 2. The van der Waals surface area contributed by atoms with Crippen molar-refractivity contribution >= 4 is 16.6 Å². The van der Waals surface area contributed by atoms with Crippen molar-refractivity contribution in [3.05, 3.63) is 24.2 Å². The fourth-order valence-corrected chi connectivity index (χ4v) is 2.15. The first-order valence-corrected chi connectivity index (χ1v) is 6.52. The van der Waals surface area contributed by atoms with Crippen molar-refractivity contribution in [3.8, 4) is 11.4 Å². The lowest BCUT2D eigenvalue weighted by Gasteiger charge is -2.01. The van der Waals surface area contributed by atoms with Crippen LogP contribution in [0.1, 0.15) is 12.6 Å². The highest BCUT2D eigenvalue weighted by molar-refractivity contribution is 5.85. The number of nitrogens with two attached hydrogens (primary N) is 2. The number of hydrogen-bond donors (Lipinski definition) is 2. The Bertz CT molecular complexity index is 759. The number of aromatic nitrogens is 5. The number of halogens is 1. The monoisotopic (exact) mass is 291 g/mol. The van der Waals surface area contributed by atoms with Gasteiger partial charge in [-0.3, -0.25) is 9.67 Å². The van der Waals surface area contributed by atoms with Gasteiger partial charge in [-0.25, -0.2) is 0 Å². The second kappa shape index (κ2) is 5.88. The Morgan fingerprint density at radius 3 is 2.57 bits per heavy atom. The maximum atomic E-state index is 13.0. The molecule has 7 nitrogen and oxygen atoms in total. The van der Waals surface area contributed by atoms with E-state index in [1.807, 2.05) is 24.6 Å². The lowest BCUT2D eigenvalue weighted by molar-refractivity contribution is 0.317.